The Kier molecular flexibility index (Phi) is 2.47. The molecule has 80 valence electrons. The van der Waals surface area contributed by atoms with Crippen molar-refractivity contribution in [1.29, 1.82) is 0 Å². The largest absolute Gasteiger partial charge is 0.369 e. The summed E-state index contributed by atoms with van der Waals surface area (Å²) in [6, 6.07) is 7.88. The van der Waals surface area contributed by atoms with E-state index in [1.807, 2.05) is 31.2 Å². The van der Waals surface area contributed by atoms with Gasteiger partial charge in [0.15, 0.2) is 0 Å². The van der Waals surface area contributed by atoms with Gasteiger partial charge in [0.1, 0.15) is 0 Å². The number of benzene rings is 1. The Bertz CT molecular complexity index is 404. The second-order valence-corrected chi connectivity index (χ2v) is 4.54. The molecule has 2 N–H and O–H groups in total. The van der Waals surface area contributed by atoms with Crippen LogP contribution in [0, 0.1) is 0 Å². The van der Waals surface area contributed by atoms with E-state index >= 15 is 0 Å². The van der Waals surface area contributed by atoms with Crippen molar-refractivity contribution < 1.29 is 4.79 Å². The average Bonchev–Trinajstić information content (AvgIpc) is 2.50. The lowest BCUT2D eigenvalue weighted by atomic mass is 9.78. The van der Waals surface area contributed by atoms with E-state index in [9.17, 15) is 4.79 Å². The molecular weight excluding hydrogens is 210 g/mol. The monoisotopic (exact) mass is 223 g/mol. The summed E-state index contributed by atoms with van der Waals surface area (Å²) in [5.74, 6) is -0.310. The summed E-state index contributed by atoms with van der Waals surface area (Å²) in [6.07, 6.45) is 1.39. The molecule has 0 heterocycles. The highest BCUT2D eigenvalue weighted by Gasteiger charge is 2.49. The summed E-state index contributed by atoms with van der Waals surface area (Å²) in [4.78, 5) is 11.7. The van der Waals surface area contributed by atoms with Gasteiger partial charge in [-0.25, -0.2) is 0 Å². The fourth-order valence-corrected chi connectivity index (χ4v) is 3.09. The first-order valence-corrected chi connectivity index (χ1v) is 5.59. The quantitative estimate of drug-likeness (QED) is 0.766. The first-order chi connectivity index (χ1) is 7.13. The standard InChI is InChI=1S/C12H14ClNO/c1-2-12(11(14)15)9-6-4-3-5-8(9)7-10(12)13/h3-6,10H,2,7H2,1H3,(H2,14,15). The van der Waals surface area contributed by atoms with Crippen LogP contribution in [0.2, 0.25) is 0 Å². The van der Waals surface area contributed by atoms with E-state index in [0.717, 1.165) is 17.5 Å². The summed E-state index contributed by atoms with van der Waals surface area (Å²) in [7, 11) is 0. The predicted molar refractivity (Wildman–Crippen MR) is 61.0 cm³/mol. The molecule has 0 fully saturated rings. The molecule has 0 radical (unpaired) electrons. The Morgan fingerprint density at radius 3 is 2.87 bits per heavy atom. The van der Waals surface area contributed by atoms with E-state index < -0.39 is 5.41 Å². The lowest BCUT2D eigenvalue weighted by Gasteiger charge is -2.28. The number of hydrogen-bond acceptors (Lipinski definition) is 1. The fourth-order valence-electron chi connectivity index (χ4n) is 2.54. The molecule has 0 bridgehead atoms. The molecule has 0 aromatic heterocycles. The molecule has 15 heavy (non-hydrogen) atoms. The number of nitrogens with two attached hydrogens (primary N) is 1. The molecule has 0 saturated heterocycles. The molecule has 2 nitrogen and oxygen atoms in total. The van der Waals surface area contributed by atoms with E-state index in [4.69, 9.17) is 17.3 Å². The van der Waals surface area contributed by atoms with Crippen LogP contribution in [0.15, 0.2) is 24.3 Å². The van der Waals surface area contributed by atoms with E-state index in [0.29, 0.717) is 6.42 Å². The number of carbonyl (C=O) groups is 1. The van der Waals surface area contributed by atoms with Gasteiger partial charge in [-0.3, -0.25) is 4.79 Å². The van der Waals surface area contributed by atoms with Crippen LogP contribution in [-0.2, 0) is 16.6 Å². The second kappa shape index (κ2) is 3.53. The van der Waals surface area contributed by atoms with Gasteiger partial charge < -0.3 is 5.73 Å². The van der Waals surface area contributed by atoms with Gasteiger partial charge in [0, 0.05) is 0 Å². The minimum absolute atomic E-state index is 0.211. The van der Waals surface area contributed by atoms with Crippen LogP contribution < -0.4 is 5.73 Å². The molecule has 2 unspecified atom stereocenters. The minimum atomic E-state index is -0.669. The van der Waals surface area contributed by atoms with E-state index in [2.05, 4.69) is 0 Å². The van der Waals surface area contributed by atoms with Crippen molar-refractivity contribution in [1.82, 2.24) is 0 Å². The highest BCUT2D eigenvalue weighted by atomic mass is 35.5. The van der Waals surface area contributed by atoms with Gasteiger partial charge in [-0.2, -0.15) is 0 Å². The summed E-state index contributed by atoms with van der Waals surface area (Å²) >= 11 is 6.29. The molecule has 1 aliphatic carbocycles. The van der Waals surface area contributed by atoms with Gasteiger partial charge >= 0.3 is 0 Å². The summed E-state index contributed by atoms with van der Waals surface area (Å²) in [5, 5.41) is -0.211. The Balaban J connectivity index is 2.62. The van der Waals surface area contributed by atoms with Gasteiger partial charge in [0.05, 0.1) is 10.8 Å². The Labute approximate surface area is 94.4 Å². The zero-order valence-corrected chi connectivity index (χ0v) is 9.42. The number of carbonyl (C=O) groups excluding carboxylic acids is 1. The highest BCUT2D eigenvalue weighted by molar-refractivity contribution is 6.24. The summed E-state index contributed by atoms with van der Waals surface area (Å²) < 4.78 is 0. The van der Waals surface area contributed by atoms with Gasteiger partial charge in [0.2, 0.25) is 5.91 Å². The van der Waals surface area contributed by atoms with Crippen molar-refractivity contribution in [2.24, 2.45) is 5.73 Å². The number of amides is 1. The third kappa shape index (κ3) is 1.28. The maximum absolute atomic E-state index is 11.7. The van der Waals surface area contributed by atoms with E-state index in [1.54, 1.807) is 0 Å². The number of halogens is 1. The van der Waals surface area contributed by atoms with Crippen molar-refractivity contribution in [2.45, 2.75) is 30.6 Å². The number of fused-ring (bicyclic) bond motifs is 1. The van der Waals surface area contributed by atoms with Crippen LogP contribution >= 0.6 is 11.6 Å². The molecule has 0 saturated carbocycles. The van der Waals surface area contributed by atoms with Crippen molar-refractivity contribution in [2.75, 3.05) is 0 Å². The fraction of sp³-hybridized carbons (Fsp3) is 0.417. The van der Waals surface area contributed by atoms with Crippen LogP contribution in [0.4, 0.5) is 0 Å². The maximum Gasteiger partial charge on any atom is 0.229 e. The number of alkyl halides is 1. The number of hydrogen-bond donors (Lipinski definition) is 1. The molecular formula is C12H14ClNO. The highest BCUT2D eigenvalue weighted by Crippen LogP contribution is 2.44. The van der Waals surface area contributed by atoms with Crippen molar-refractivity contribution in [3.8, 4) is 0 Å². The van der Waals surface area contributed by atoms with Crippen molar-refractivity contribution in [3.05, 3.63) is 35.4 Å². The lowest BCUT2D eigenvalue weighted by molar-refractivity contribution is -0.123. The summed E-state index contributed by atoms with van der Waals surface area (Å²) in [6.45, 7) is 1.96. The van der Waals surface area contributed by atoms with Crippen molar-refractivity contribution in [3.63, 3.8) is 0 Å². The van der Waals surface area contributed by atoms with Gasteiger partial charge in [-0.1, -0.05) is 31.2 Å². The first kappa shape index (κ1) is 10.5. The van der Waals surface area contributed by atoms with Crippen LogP contribution in [0.5, 0.6) is 0 Å². The molecule has 1 aliphatic rings. The predicted octanol–water partition coefficient (Wildman–Crippen LogP) is 1.98. The third-order valence-electron chi connectivity index (χ3n) is 3.43. The van der Waals surface area contributed by atoms with Crippen LogP contribution in [0.1, 0.15) is 24.5 Å². The zero-order valence-electron chi connectivity index (χ0n) is 8.66. The first-order valence-electron chi connectivity index (χ1n) is 5.15. The summed E-state index contributed by atoms with van der Waals surface area (Å²) in [5.41, 5.74) is 7.02. The Hall–Kier alpha value is -1.02. The minimum Gasteiger partial charge on any atom is -0.369 e. The SMILES string of the molecule is CCC1(C(N)=O)c2ccccc2CC1Cl. The normalized spacial score (nSPS) is 28.8. The van der Waals surface area contributed by atoms with Crippen LogP contribution in [0.25, 0.3) is 0 Å². The molecule has 3 heteroatoms. The average molecular weight is 224 g/mol. The van der Waals surface area contributed by atoms with Crippen molar-refractivity contribution >= 4 is 17.5 Å². The zero-order chi connectivity index (χ0) is 11.1. The Morgan fingerprint density at radius 2 is 2.27 bits per heavy atom. The smallest absolute Gasteiger partial charge is 0.229 e. The molecule has 2 atom stereocenters. The molecule has 1 aromatic carbocycles. The number of primary amides is 1. The molecule has 0 aliphatic heterocycles. The van der Waals surface area contributed by atoms with Gasteiger partial charge in [-0.15, -0.1) is 11.6 Å². The van der Waals surface area contributed by atoms with E-state index in [1.165, 1.54) is 0 Å². The molecule has 0 spiro atoms. The van der Waals surface area contributed by atoms with E-state index in [-0.39, 0.29) is 11.3 Å². The second-order valence-electron chi connectivity index (χ2n) is 4.02. The molecule has 1 amide bonds. The van der Waals surface area contributed by atoms with Crippen LogP contribution in [0.3, 0.4) is 0 Å². The molecule has 2 rings (SSSR count). The van der Waals surface area contributed by atoms with Crippen LogP contribution in [-0.4, -0.2) is 11.3 Å². The van der Waals surface area contributed by atoms with Gasteiger partial charge in [0.25, 0.3) is 0 Å². The Morgan fingerprint density at radius 1 is 1.60 bits per heavy atom. The molecule has 1 aromatic rings. The maximum atomic E-state index is 11.7. The topological polar surface area (TPSA) is 43.1 Å². The van der Waals surface area contributed by atoms with Gasteiger partial charge in [-0.05, 0) is 24.0 Å². The third-order valence-corrected chi connectivity index (χ3v) is 3.96. The lowest BCUT2D eigenvalue weighted by Crippen LogP contribution is -2.45. The number of rotatable bonds is 2.